The summed E-state index contributed by atoms with van der Waals surface area (Å²) in [6.07, 6.45) is 4.52. The van der Waals surface area contributed by atoms with Crippen molar-refractivity contribution in [2.24, 2.45) is 0 Å². The second-order valence-electron chi connectivity index (χ2n) is 4.68. The molecule has 0 fully saturated rings. The molecule has 0 saturated carbocycles. The predicted octanol–water partition coefficient (Wildman–Crippen LogP) is 3.59. The van der Waals surface area contributed by atoms with Gasteiger partial charge in [0, 0.05) is 10.7 Å². The number of rotatable bonds is 5. The van der Waals surface area contributed by atoms with Crippen molar-refractivity contribution in [2.75, 3.05) is 10.6 Å². The van der Waals surface area contributed by atoms with Crippen LogP contribution < -0.4 is 10.6 Å². The Kier molecular flexibility index (Phi) is 4.54. The Bertz CT molecular complexity index is 771. The molecule has 0 aliphatic heterocycles. The number of aromatic nitrogens is 2. The van der Waals surface area contributed by atoms with E-state index in [1.165, 1.54) is 12.4 Å². The maximum atomic E-state index is 12.1. The number of furan rings is 1. The van der Waals surface area contributed by atoms with Gasteiger partial charge in [0.2, 0.25) is 0 Å². The number of amides is 1. The van der Waals surface area contributed by atoms with Gasteiger partial charge in [0.1, 0.15) is 17.3 Å². The normalized spacial score (nSPS) is 10.3. The molecule has 3 aromatic rings. The first-order valence-electron chi connectivity index (χ1n) is 6.86. The van der Waals surface area contributed by atoms with E-state index in [-0.39, 0.29) is 11.6 Å². The third-order valence-corrected chi connectivity index (χ3v) is 3.26. The molecule has 2 aromatic heterocycles. The molecule has 0 aliphatic carbocycles. The lowest BCUT2D eigenvalue weighted by atomic mass is 10.3. The smallest absolute Gasteiger partial charge is 0.275 e. The molecule has 0 spiro atoms. The number of hydrogen-bond donors (Lipinski definition) is 2. The molecule has 0 saturated heterocycles. The summed E-state index contributed by atoms with van der Waals surface area (Å²) < 4.78 is 5.21. The zero-order chi connectivity index (χ0) is 16.1. The Morgan fingerprint density at radius 3 is 2.61 bits per heavy atom. The van der Waals surface area contributed by atoms with Crippen molar-refractivity contribution in [1.29, 1.82) is 0 Å². The molecule has 2 heterocycles. The molecule has 23 heavy (non-hydrogen) atoms. The SMILES string of the molecule is O=C(Nc1ccc(Cl)cc1)c1cnc(NCc2ccco2)cn1. The van der Waals surface area contributed by atoms with Gasteiger partial charge < -0.3 is 15.1 Å². The van der Waals surface area contributed by atoms with Gasteiger partial charge in [-0.15, -0.1) is 0 Å². The molecule has 0 aliphatic rings. The highest BCUT2D eigenvalue weighted by Crippen LogP contribution is 2.14. The van der Waals surface area contributed by atoms with Crippen LogP contribution in [0.2, 0.25) is 5.02 Å². The van der Waals surface area contributed by atoms with Gasteiger partial charge in [-0.3, -0.25) is 4.79 Å². The van der Waals surface area contributed by atoms with E-state index in [0.717, 1.165) is 5.76 Å². The minimum atomic E-state index is -0.336. The van der Waals surface area contributed by atoms with E-state index in [1.807, 2.05) is 12.1 Å². The van der Waals surface area contributed by atoms with Crippen molar-refractivity contribution >= 4 is 29.0 Å². The first-order valence-corrected chi connectivity index (χ1v) is 7.24. The van der Waals surface area contributed by atoms with E-state index in [2.05, 4.69) is 20.6 Å². The molecule has 0 radical (unpaired) electrons. The van der Waals surface area contributed by atoms with Crippen molar-refractivity contribution in [3.63, 3.8) is 0 Å². The van der Waals surface area contributed by atoms with Crippen LogP contribution >= 0.6 is 11.6 Å². The average molecular weight is 329 g/mol. The number of nitrogens with zero attached hydrogens (tertiary/aromatic N) is 2. The summed E-state index contributed by atoms with van der Waals surface area (Å²) in [5, 5.41) is 6.39. The summed E-state index contributed by atoms with van der Waals surface area (Å²) >= 11 is 5.80. The molecule has 3 rings (SSSR count). The van der Waals surface area contributed by atoms with Crippen molar-refractivity contribution in [2.45, 2.75) is 6.54 Å². The van der Waals surface area contributed by atoms with Gasteiger partial charge in [-0.1, -0.05) is 11.6 Å². The van der Waals surface area contributed by atoms with Crippen LogP contribution in [0, 0.1) is 0 Å². The lowest BCUT2D eigenvalue weighted by Crippen LogP contribution is -2.14. The van der Waals surface area contributed by atoms with Crippen LogP contribution in [0.25, 0.3) is 0 Å². The van der Waals surface area contributed by atoms with Gasteiger partial charge in [-0.2, -0.15) is 0 Å². The van der Waals surface area contributed by atoms with Crippen LogP contribution in [0.15, 0.2) is 59.5 Å². The van der Waals surface area contributed by atoms with E-state index in [1.54, 1.807) is 30.5 Å². The zero-order valence-corrected chi connectivity index (χ0v) is 12.7. The van der Waals surface area contributed by atoms with Gasteiger partial charge in [-0.25, -0.2) is 9.97 Å². The van der Waals surface area contributed by atoms with Crippen molar-refractivity contribution in [3.8, 4) is 0 Å². The topological polar surface area (TPSA) is 80.0 Å². The number of anilines is 2. The number of carbonyl (C=O) groups excluding carboxylic acids is 1. The Morgan fingerprint density at radius 2 is 1.96 bits per heavy atom. The second kappa shape index (κ2) is 6.93. The van der Waals surface area contributed by atoms with Gasteiger partial charge in [-0.05, 0) is 36.4 Å². The minimum absolute atomic E-state index is 0.225. The van der Waals surface area contributed by atoms with E-state index in [4.69, 9.17) is 16.0 Å². The lowest BCUT2D eigenvalue weighted by Gasteiger charge is -2.06. The highest BCUT2D eigenvalue weighted by atomic mass is 35.5. The Labute approximate surface area is 137 Å². The monoisotopic (exact) mass is 328 g/mol. The van der Waals surface area contributed by atoms with Crippen molar-refractivity contribution in [1.82, 2.24) is 9.97 Å². The Hall–Kier alpha value is -2.86. The summed E-state index contributed by atoms with van der Waals surface area (Å²) in [5.74, 6) is 1.01. The summed E-state index contributed by atoms with van der Waals surface area (Å²) in [4.78, 5) is 20.3. The number of carbonyl (C=O) groups is 1. The van der Waals surface area contributed by atoms with Crippen LogP contribution in [0.4, 0.5) is 11.5 Å². The predicted molar refractivity (Wildman–Crippen MR) is 87.5 cm³/mol. The quantitative estimate of drug-likeness (QED) is 0.748. The summed E-state index contributed by atoms with van der Waals surface area (Å²) in [5.41, 5.74) is 0.865. The van der Waals surface area contributed by atoms with Gasteiger partial charge >= 0.3 is 0 Å². The van der Waals surface area contributed by atoms with Crippen LogP contribution in [0.5, 0.6) is 0 Å². The zero-order valence-electron chi connectivity index (χ0n) is 12.0. The molecule has 7 heteroatoms. The van der Waals surface area contributed by atoms with Gasteiger partial charge in [0.25, 0.3) is 5.91 Å². The van der Waals surface area contributed by atoms with E-state index < -0.39 is 0 Å². The third-order valence-electron chi connectivity index (χ3n) is 3.01. The maximum Gasteiger partial charge on any atom is 0.275 e. The van der Waals surface area contributed by atoms with Crippen LogP contribution in [-0.2, 0) is 6.54 Å². The molecule has 0 unspecified atom stereocenters. The summed E-state index contributed by atoms with van der Waals surface area (Å²) in [7, 11) is 0. The van der Waals surface area contributed by atoms with Crippen molar-refractivity contribution in [3.05, 3.63) is 71.5 Å². The molecule has 1 amide bonds. The Balaban J connectivity index is 1.59. The molecule has 6 nitrogen and oxygen atoms in total. The first kappa shape index (κ1) is 15.1. The molecule has 0 bridgehead atoms. The van der Waals surface area contributed by atoms with Gasteiger partial charge in [0.05, 0.1) is 25.2 Å². The largest absolute Gasteiger partial charge is 0.467 e. The Morgan fingerprint density at radius 1 is 1.13 bits per heavy atom. The fraction of sp³-hybridized carbons (Fsp3) is 0.0625. The standard InChI is InChI=1S/C16H13ClN4O2/c17-11-3-5-12(6-4-11)21-16(22)14-9-20-15(10-18-14)19-8-13-2-1-7-23-13/h1-7,9-10H,8H2,(H,19,20)(H,21,22). The van der Waals surface area contributed by atoms with Crippen molar-refractivity contribution < 1.29 is 9.21 Å². The third kappa shape index (κ3) is 4.08. The summed E-state index contributed by atoms with van der Waals surface area (Å²) in [6.45, 7) is 0.498. The average Bonchev–Trinajstić information content (AvgIpc) is 3.09. The maximum absolute atomic E-state index is 12.1. The number of halogens is 1. The first-order chi connectivity index (χ1) is 11.2. The molecule has 1 aromatic carbocycles. The lowest BCUT2D eigenvalue weighted by molar-refractivity contribution is 0.102. The van der Waals surface area contributed by atoms with E-state index in [0.29, 0.717) is 23.1 Å². The van der Waals surface area contributed by atoms with E-state index >= 15 is 0 Å². The molecule has 0 atom stereocenters. The molecule has 116 valence electrons. The number of benzene rings is 1. The highest BCUT2D eigenvalue weighted by molar-refractivity contribution is 6.30. The molecule has 2 N–H and O–H groups in total. The minimum Gasteiger partial charge on any atom is -0.467 e. The highest BCUT2D eigenvalue weighted by Gasteiger charge is 2.08. The number of nitrogens with one attached hydrogen (secondary N) is 2. The molecular weight excluding hydrogens is 316 g/mol. The fourth-order valence-electron chi connectivity index (χ4n) is 1.86. The van der Waals surface area contributed by atoms with Gasteiger partial charge in [0.15, 0.2) is 0 Å². The molecular formula is C16H13ClN4O2. The fourth-order valence-corrected chi connectivity index (χ4v) is 1.98. The van der Waals surface area contributed by atoms with E-state index in [9.17, 15) is 4.79 Å². The van der Waals surface area contributed by atoms with Crippen LogP contribution in [-0.4, -0.2) is 15.9 Å². The van der Waals surface area contributed by atoms with Crippen LogP contribution in [0.3, 0.4) is 0 Å². The second-order valence-corrected chi connectivity index (χ2v) is 5.12. The summed E-state index contributed by atoms with van der Waals surface area (Å²) in [6, 6.07) is 10.5. The van der Waals surface area contributed by atoms with Crippen LogP contribution in [0.1, 0.15) is 16.2 Å². The number of hydrogen-bond acceptors (Lipinski definition) is 5.